The number of nitrogens with zero attached hydrogens (tertiary/aromatic N) is 1. The van der Waals surface area contributed by atoms with Crippen LogP contribution < -0.4 is 5.32 Å². The number of nitrogens with one attached hydrogen (secondary N) is 1. The molecule has 1 unspecified atom stereocenters. The predicted octanol–water partition coefficient (Wildman–Crippen LogP) is 3.63. The number of carbonyl (C=O) groups excluding carboxylic acids is 1. The van der Waals surface area contributed by atoms with Gasteiger partial charge in [0.1, 0.15) is 16.5 Å². The molecule has 150 valence electrons. The molecule has 0 spiro atoms. The topological polar surface area (TPSA) is 66.5 Å². The van der Waals surface area contributed by atoms with E-state index in [1.807, 2.05) is 0 Å². The number of benzene rings is 2. The first-order valence-corrected chi connectivity index (χ1v) is 10.6. The van der Waals surface area contributed by atoms with E-state index < -0.39 is 32.7 Å². The molecule has 1 saturated heterocycles. The van der Waals surface area contributed by atoms with Crippen molar-refractivity contribution >= 4 is 15.9 Å². The van der Waals surface area contributed by atoms with Crippen LogP contribution in [-0.4, -0.2) is 31.7 Å². The lowest BCUT2D eigenvalue weighted by Gasteiger charge is -2.26. The number of hydrogen-bond acceptors (Lipinski definition) is 3. The van der Waals surface area contributed by atoms with Gasteiger partial charge in [-0.25, -0.2) is 17.2 Å². The molecule has 1 heterocycles. The Labute approximate surface area is 163 Å². The van der Waals surface area contributed by atoms with Crippen molar-refractivity contribution in [3.63, 3.8) is 0 Å². The van der Waals surface area contributed by atoms with Crippen LogP contribution in [0.15, 0.2) is 47.4 Å². The summed E-state index contributed by atoms with van der Waals surface area (Å²) in [7, 11) is -4.00. The van der Waals surface area contributed by atoms with Gasteiger partial charge in [-0.1, -0.05) is 18.6 Å². The molecule has 0 saturated carbocycles. The van der Waals surface area contributed by atoms with E-state index in [1.165, 1.54) is 22.5 Å². The fourth-order valence-corrected chi connectivity index (χ4v) is 4.81. The summed E-state index contributed by atoms with van der Waals surface area (Å²) in [6, 6.07) is 8.57. The quantitative estimate of drug-likeness (QED) is 0.822. The average Bonchev–Trinajstić information content (AvgIpc) is 2.69. The fraction of sp³-hybridized carbons (Fsp3) is 0.350. The minimum Gasteiger partial charge on any atom is -0.346 e. The standard InChI is InChI=1S/C20H22F2N2O3S/c1-14(15-5-8-17(21)9-6-15)23-20(25)16-7-10-18(22)19(13-16)28(26,27)24-11-3-2-4-12-24/h5-10,13-14H,2-4,11-12H2,1H3,(H,23,25). The zero-order valence-electron chi connectivity index (χ0n) is 15.5. The molecule has 28 heavy (non-hydrogen) atoms. The molecule has 0 aliphatic carbocycles. The van der Waals surface area contributed by atoms with Gasteiger partial charge >= 0.3 is 0 Å². The van der Waals surface area contributed by atoms with Crippen LogP contribution in [0.1, 0.15) is 48.1 Å². The summed E-state index contributed by atoms with van der Waals surface area (Å²) in [5.41, 5.74) is 0.740. The minimum atomic E-state index is -4.00. The van der Waals surface area contributed by atoms with Gasteiger partial charge in [0.05, 0.1) is 6.04 Å². The van der Waals surface area contributed by atoms with Gasteiger partial charge in [-0.05, 0) is 55.7 Å². The zero-order chi connectivity index (χ0) is 20.3. The van der Waals surface area contributed by atoms with Gasteiger partial charge < -0.3 is 5.32 Å². The lowest BCUT2D eigenvalue weighted by molar-refractivity contribution is 0.0939. The zero-order valence-corrected chi connectivity index (χ0v) is 16.3. The van der Waals surface area contributed by atoms with E-state index in [9.17, 15) is 22.0 Å². The third kappa shape index (κ3) is 4.39. The summed E-state index contributed by atoms with van der Waals surface area (Å²) in [6.45, 7) is 2.42. The number of amides is 1. The second-order valence-corrected chi connectivity index (χ2v) is 8.76. The molecule has 8 heteroatoms. The number of piperidine rings is 1. The highest BCUT2D eigenvalue weighted by molar-refractivity contribution is 7.89. The van der Waals surface area contributed by atoms with Gasteiger partial charge in [0.2, 0.25) is 10.0 Å². The van der Waals surface area contributed by atoms with Gasteiger partial charge in [-0.2, -0.15) is 4.31 Å². The highest BCUT2D eigenvalue weighted by Crippen LogP contribution is 2.24. The number of hydrogen-bond donors (Lipinski definition) is 1. The van der Waals surface area contributed by atoms with E-state index in [2.05, 4.69) is 5.32 Å². The van der Waals surface area contributed by atoms with Crippen LogP contribution in [0.4, 0.5) is 8.78 Å². The Hall–Kier alpha value is -2.32. The molecule has 1 fully saturated rings. The summed E-state index contributed by atoms with van der Waals surface area (Å²) >= 11 is 0. The lowest BCUT2D eigenvalue weighted by Crippen LogP contribution is -2.36. The smallest absolute Gasteiger partial charge is 0.251 e. The third-order valence-corrected chi connectivity index (χ3v) is 6.76. The first-order valence-electron chi connectivity index (χ1n) is 9.15. The van der Waals surface area contributed by atoms with Crippen molar-refractivity contribution in [3.05, 3.63) is 65.2 Å². The third-order valence-electron chi connectivity index (χ3n) is 4.84. The summed E-state index contributed by atoms with van der Waals surface area (Å²) in [5, 5.41) is 2.72. The monoisotopic (exact) mass is 408 g/mol. The maximum absolute atomic E-state index is 14.3. The Morgan fingerprint density at radius 1 is 1.04 bits per heavy atom. The van der Waals surface area contributed by atoms with Crippen molar-refractivity contribution < 1.29 is 22.0 Å². The van der Waals surface area contributed by atoms with Crippen molar-refractivity contribution in [2.24, 2.45) is 0 Å². The summed E-state index contributed by atoms with van der Waals surface area (Å²) < 4.78 is 54.1. The number of carbonyl (C=O) groups is 1. The molecule has 2 aromatic carbocycles. The molecule has 1 N–H and O–H groups in total. The highest BCUT2D eigenvalue weighted by atomic mass is 32.2. The molecular formula is C20H22F2N2O3S. The maximum atomic E-state index is 14.3. The predicted molar refractivity (Wildman–Crippen MR) is 101 cm³/mol. The van der Waals surface area contributed by atoms with E-state index in [1.54, 1.807) is 19.1 Å². The van der Waals surface area contributed by atoms with Crippen molar-refractivity contribution in [3.8, 4) is 0 Å². The molecule has 1 aliphatic heterocycles. The molecule has 0 radical (unpaired) electrons. The normalized spacial score (nSPS) is 16.5. The average molecular weight is 408 g/mol. The molecule has 3 rings (SSSR count). The maximum Gasteiger partial charge on any atom is 0.251 e. The molecule has 1 amide bonds. The van der Waals surface area contributed by atoms with Crippen LogP contribution in [0.25, 0.3) is 0 Å². The van der Waals surface area contributed by atoms with Crippen molar-refractivity contribution in [2.75, 3.05) is 13.1 Å². The highest BCUT2D eigenvalue weighted by Gasteiger charge is 2.29. The fourth-order valence-electron chi connectivity index (χ4n) is 3.20. The molecule has 0 aromatic heterocycles. The first kappa shape index (κ1) is 20.4. The van der Waals surface area contributed by atoms with Crippen LogP contribution in [0.2, 0.25) is 0 Å². The van der Waals surface area contributed by atoms with Gasteiger partial charge in [0.25, 0.3) is 5.91 Å². The number of rotatable bonds is 5. The van der Waals surface area contributed by atoms with Crippen LogP contribution in [0.3, 0.4) is 0 Å². The Morgan fingerprint density at radius 3 is 2.32 bits per heavy atom. The van der Waals surface area contributed by atoms with Crippen molar-refractivity contribution in [1.82, 2.24) is 9.62 Å². The number of halogens is 2. The van der Waals surface area contributed by atoms with E-state index in [4.69, 9.17) is 0 Å². The van der Waals surface area contributed by atoms with Gasteiger partial charge in [-0.3, -0.25) is 4.79 Å². The Morgan fingerprint density at radius 2 is 1.68 bits per heavy atom. The van der Waals surface area contributed by atoms with E-state index in [0.29, 0.717) is 18.7 Å². The van der Waals surface area contributed by atoms with Crippen LogP contribution in [0, 0.1) is 11.6 Å². The van der Waals surface area contributed by atoms with Crippen molar-refractivity contribution in [2.45, 2.75) is 37.1 Å². The molecule has 5 nitrogen and oxygen atoms in total. The first-order chi connectivity index (χ1) is 13.3. The second-order valence-electron chi connectivity index (χ2n) is 6.86. The minimum absolute atomic E-state index is 0.0472. The van der Waals surface area contributed by atoms with Gasteiger partial charge in [0, 0.05) is 18.7 Å². The molecule has 0 bridgehead atoms. The lowest BCUT2D eigenvalue weighted by atomic mass is 10.1. The largest absolute Gasteiger partial charge is 0.346 e. The second kappa shape index (κ2) is 8.36. The molecule has 1 aliphatic rings. The Bertz CT molecular complexity index is 956. The van der Waals surface area contributed by atoms with Crippen LogP contribution in [-0.2, 0) is 10.0 Å². The Kier molecular flexibility index (Phi) is 6.10. The van der Waals surface area contributed by atoms with Crippen LogP contribution >= 0.6 is 0 Å². The molecule has 2 aromatic rings. The van der Waals surface area contributed by atoms with E-state index in [-0.39, 0.29) is 11.4 Å². The molecular weight excluding hydrogens is 386 g/mol. The SMILES string of the molecule is CC(NC(=O)c1ccc(F)c(S(=O)(=O)N2CCCCC2)c1)c1ccc(F)cc1. The molecule has 1 atom stereocenters. The van der Waals surface area contributed by atoms with E-state index in [0.717, 1.165) is 31.4 Å². The van der Waals surface area contributed by atoms with Crippen LogP contribution in [0.5, 0.6) is 0 Å². The Balaban J connectivity index is 1.82. The van der Waals surface area contributed by atoms with E-state index >= 15 is 0 Å². The summed E-state index contributed by atoms with van der Waals surface area (Å²) in [6.07, 6.45) is 2.41. The van der Waals surface area contributed by atoms with Gasteiger partial charge in [-0.15, -0.1) is 0 Å². The van der Waals surface area contributed by atoms with Crippen molar-refractivity contribution in [1.29, 1.82) is 0 Å². The van der Waals surface area contributed by atoms with Gasteiger partial charge in [0.15, 0.2) is 0 Å². The summed E-state index contributed by atoms with van der Waals surface area (Å²) in [4.78, 5) is 12.1. The summed E-state index contributed by atoms with van der Waals surface area (Å²) in [5.74, 6) is -1.80. The number of sulfonamides is 1.